The summed E-state index contributed by atoms with van der Waals surface area (Å²) in [6.45, 7) is 1.33. The number of benzene rings is 2. The number of amides is 3. The molecule has 0 radical (unpaired) electrons. The molecule has 3 aliphatic rings. The second-order valence-electron chi connectivity index (χ2n) is 9.87. The molecule has 1 aromatic heterocycles. The highest BCUT2D eigenvalue weighted by Crippen LogP contribution is 2.54. The predicted octanol–water partition coefficient (Wildman–Crippen LogP) is 4.49. The third-order valence-corrected chi connectivity index (χ3v) is 10.7. The molecule has 0 unspecified atom stereocenters. The van der Waals surface area contributed by atoms with E-state index in [0.717, 1.165) is 45.5 Å². The van der Waals surface area contributed by atoms with Crippen LogP contribution in [0, 0.1) is 5.92 Å². The Kier molecular flexibility index (Phi) is 7.15. The predicted molar refractivity (Wildman–Crippen MR) is 154 cm³/mol. The number of carbonyl (C=O) groups is 3. The van der Waals surface area contributed by atoms with E-state index in [1.165, 1.54) is 21.2 Å². The molecule has 3 atom stereocenters. The molecule has 3 aromatic rings. The van der Waals surface area contributed by atoms with Crippen LogP contribution >= 0.6 is 39.0 Å². The number of anilines is 1. The highest BCUT2D eigenvalue weighted by atomic mass is 79.9. The van der Waals surface area contributed by atoms with Crippen LogP contribution in [0.3, 0.4) is 0 Å². The van der Waals surface area contributed by atoms with E-state index in [1.54, 1.807) is 31.4 Å². The van der Waals surface area contributed by atoms with Gasteiger partial charge in [-0.1, -0.05) is 51.2 Å². The van der Waals surface area contributed by atoms with Crippen LogP contribution in [-0.4, -0.2) is 52.6 Å². The topological polar surface area (TPSA) is 88.9 Å². The lowest BCUT2D eigenvalue weighted by molar-refractivity contribution is -0.133. The molecule has 0 spiro atoms. The molecule has 8 nitrogen and oxygen atoms in total. The Morgan fingerprint density at radius 1 is 0.974 bits per heavy atom. The Hall–Kier alpha value is -2.89. The summed E-state index contributed by atoms with van der Waals surface area (Å²) in [5, 5.41) is -0.109. The third-order valence-electron chi connectivity index (χ3n) is 7.61. The molecule has 3 aliphatic heterocycles. The van der Waals surface area contributed by atoms with E-state index in [2.05, 4.69) is 15.9 Å². The van der Waals surface area contributed by atoms with Gasteiger partial charge in [0.25, 0.3) is 0 Å². The Balaban J connectivity index is 1.43. The number of imide groups is 1. The van der Waals surface area contributed by atoms with Gasteiger partial charge in [0.2, 0.25) is 17.7 Å². The molecule has 202 valence electrons. The fourth-order valence-electron chi connectivity index (χ4n) is 5.65. The number of ether oxygens (including phenoxy) is 1. The van der Waals surface area contributed by atoms with Crippen LogP contribution in [0.25, 0.3) is 0 Å². The molecule has 4 heterocycles. The number of fused-ring (bicyclic) bond motifs is 2. The van der Waals surface area contributed by atoms with Crippen molar-refractivity contribution in [3.8, 4) is 5.75 Å². The van der Waals surface area contributed by atoms with Gasteiger partial charge in [0.1, 0.15) is 17.5 Å². The zero-order valence-electron chi connectivity index (χ0n) is 21.2. The van der Waals surface area contributed by atoms with Crippen LogP contribution < -0.4 is 14.5 Å². The first-order valence-electron chi connectivity index (χ1n) is 12.8. The Morgan fingerprint density at radius 2 is 1.67 bits per heavy atom. The highest BCUT2D eigenvalue weighted by molar-refractivity contribution is 9.10. The molecule has 2 saturated heterocycles. The van der Waals surface area contributed by atoms with Crippen LogP contribution in [0.15, 0.2) is 62.8 Å². The summed E-state index contributed by atoms with van der Waals surface area (Å²) < 4.78 is 7.68. The zero-order chi connectivity index (χ0) is 27.3. The van der Waals surface area contributed by atoms with Crippen LogP contribution in [0.4, 0.5) is 5.69 Å². The molecule has 2 fully saturated rings. The van der Waals surface area contributed by atoms with E-state index in [9.17, 15) is 19.2 Å². The average molecular weight is 629 g/mol. The Bertz CT molecular complexity index is 1490. The van der Waals surface area contributed by atoms with Crippen molar-refractivity contribution in [2.24, 2.45) is 5.92 Å². The van der Waals surface area contributed by atoms with E-state index >= 15 is 0 Å². The van der Waals surface area contributed by atoms with Gasteiger partial charge in [-0.15, -0.1) is 0 Å². The van der Waals surface area contributed by atoms with E-state index < -0.39 is 17.1 Å². The van der Waals surface area contributed by atoms with E-state index in [4.69, 9.17) is 4.74 Å². The number of halogens is 1. The van der Waals surface area contributed by atoms with Crippen molar-refractivity contribution >= 4 is 62.4 Å². The van der Waals surface area contributed by atoms with Crippen molar-refractivity contribution < 1.29 is 19.1 Å². The second-order valence-corrected chi connectivity index (χ2v) is 12.9. The number of nitrogens with zero attached hydrogens (tertiary/aromatic N) is 3. The lowest BCUT2D eigenvalue weighted by atomic mass is 9.83. The minimum Gasteiger partial charge on any atom is -0.497 e. The summed E-state index contributed by atoms with van der Waals surface area (Å²) in [4.78, 5) is 57.7. The van der Waals surface area contributed by atoms with E-state index in [1.807, 2.05) is 29.2 Å². The largest absolute Gasteiger partial charge is 0.497 e. The van der Waals surface area contributed by atoms with Gasteiger partial charge in [-0.2, -0.15) is 0 Å². The molecule has 0 saturated carbocycles. The summed E-state index contributed by atoms with van der Waals surface area (Å²) in [5.74, 6) is -1.21. The number of piperidine rings is 1. The third kappa shape index (κ3) is 4.64. The molecule has 11 heteroatoms. The molecular weight excluding hydrogens is 602 g/mol. The molecule has 0 aliphatic carbocycles. The maximum absolute atomic E-state index is 13.9. The Morgan fingerprint density at radius 3 is 2.33 bits per heavy atom. The lowest BCUT2D eigenvalue weighted by Gasteiger charge is -2.31. The quantitative estimate of drug-likeness (QED) is 0.387. The van der Waals surface area contributed by atoms with Crippen molar-refractivity contribution in [1.82, 2.24) is 9.47 Å². The summed E-state index contributed by atoms with van der Waals surface area (Å²) in [7, 11) is 1.58. The SMILES string of the molecule is COc1ccc([C@@H]2c3sc(=O)n(CC(=O)N4CCCCC4)c3S[C@@H]3C(=O)N(c4ccc(Br)cc4)C(=O)[C@H]23)cc1. The molecule has 3 amide bonds. The molecule has 2 aromatic carbocycles. The number of hydrogen-bond acceptors (Lipinski definition) is 7. The first kappa shape index (κ1) is 26.3. The molecule has 39 heavy (non-hydrogen) atoms. The van der Waals surface area contributed by atoms with Crippen LogP contribution in [0.1, 0.15) is 35.6 Å². The van der Waals surface area contributed by atoms with Crippen molar-refractivity contribution in [3.63, 3.8) is 0 Å². The molecule has 0 bridgehead atoms. The van der Waals surface area contributed by atoms with Crippen LogP contribution in [0.5, 0.6) is 5.75 Å². The summed E-state index contributed by atoms with van der Waals surface area (Å²) in [6.07, 6.45) is 3.02. The number of likely N-dealkylation sites (tertiary alicyclic amines) is 1. The first-order chi connectivity index (χ1) is 18.9. The molecular formula is C28H26BrN3O5S2. The van der Waals surface area contributed by atoms with Gasteiger partial charge in [0.05, 0.1) is 23.7 Å². The van der Waals surface area contributed by atoms with E-state index in [0.29, 0.717) is 29.6 Å². The summed E-state index contributed by atoms with van der Waals surface area (Å²) in [6, 6.07) is 14.5. The highest BCUT2D eigenvalue weighted by Gasteiger charge is 2.56. The fraction of sp³-hybridized carbons (Fsp3) is 0.357. The number of thioether (sulfide) groups is 1. The van der Waals surface area contributed by atoms with Crippen molar-refractivity contribution in [2.75, 3.05) is 25.1 Å². The van der Waals surface area contributed by atoms with Crippen molar-refractivity contribution in [3.05, 3.63) is 73.1 Å². The monoisotopic (exact) mass is 627 g/mol. The minimum atomic E-state index is -0.717. The minimum absolute atomic E-state index is 0.0665. The average Bonchev–Trinajstić information content (AvgIpc) is 3.40. The van der Waals surface area contributed by atoms with Gasteiger partial charge in [0.15, 0.2) is 0 Å². The standard InChI is InChI=1S/C28H26BrN3O5S2/c1-37-19-11-5-16(6-12-19)21-22-23(26(35)32(25(22)34)18-9-7-17(29)8-10-18)38-27-24(21)39-28(36)31(27)15-20(33)30-13-3-2-4-14-30/h5-12,21-23H,2-4,13-15H2,1H3/t21-,22+,23-/m0/s1. The smallest absolute Gasteiger partial charge is 0.308 e. The second kappa shape index (κ2) is 10.6. The van der Waals surface area contributed by atoms with Gasteiger partial charge < -0.3 is 9.64 Å². The number of thiazole rings is 1. The van der Waals surface area contributed by atoms with Gasteiger partial charge in [-0.25, -0.2) is 4.90 Å². The first-order valence-corrected chi connectivity index (χ1v) is 15.3. The normalized spacial score (nSPS) is 22.6. The van der Waals surface area contributed by atoms with Gasteiger partial charge in [-0.05, 0) is 61.2 Å². The van der Waals surface area contributed by atoms with Gasteiger partial charge in [0, 0.05) is 28.4 Å². The summed E-state index contributed by atoms with van der Waals surface area (Å²) in [5.41, 5.74) is 1.33. The Labute approximate surface area is 242 Å². The van der Waals surface area contributed by atoms with Gasteiger partial charge >= 0.3 is 4.87 Å². The number of methoxy groups -OCH3 is 1. The maximum Gasteiger partial charge on any atom is 0.308 e. The molecule has 0 N–H and O–H groups in total. The number of hydrogen-bond donors (Lipinski definition) is 0. The van der Waals surface area contributed by atoms with Crippen LogP contribution in [-0.2, 0) is 20.9 Å². The lowest BCUT2D eigenvalue weighted by Crippen LogP contribution is -2.39. The number of aromatic nitrogens is 1. The van der Waals surface area contributed by atoms with Crippen molar-refractivity contribution in [2.45, 2.75) is 42.0 Å². The summed E-state index contributed by atoms with van der Waals surface area (Å²) >= 11 is 5.72. The maximum atomic E-state index is 13.9. The number of carbonyl (C=O) groups excluding carboxylic acids is 3. The van der Waals surface area contributed by atoms with E-state index in [-0.39, 0.29) is 29.1 Å². The number of rotatable bonds is 5. The van der Waals surface area contributed by atoms with Gasteiger partial charge in [-0.3, -0.25) is 23.7 Å². The molecule has 6 rings (SSSR count). The van der Waals surface area contributed by atoms with Crippen LogP contribution in [0.2, 0.25) is 0 Å². The van der Waals surface area contributed by atoms with Crippen molar-refractivity contribution in [1.29, 1.82) is 0 Å². The fourth-order valence-corrected chi connectivity index (χ4v) is 8.69. The zero-order valence-corrected chi connectivity index (χ0v) is 24.4.